The van der Waals surface area contributed by atoms with Gasteiger partial charge in [-0.25, -0.2) is 13.5 Å². The van der Waals surface area contributed by atoms with Crippen molar-refractivity contribution in [1.29, 1.82) is 0 Å². The molecule has 3 rings (SSSR count). The highest BCUT2D eigenvalue weighted by molar-refractivity contribution is 8.25. The quantitative estimate of drug-likeness (QED) is 0.760. The average Bonchev–Trinajstić information content (AvgIpc) is 2.47. The fourth-order valence-corrected chi connectivity index (χ4v) is 3.98. The first kappa shape index (κ1) is 15.5. The smallest absolute Gasteiger partial charge is 0.335 e. The van der Waals surface area contributed by atoms with Crippen molar-refractivity contribution in [3.63, 3.8) is 0 Å². The lowest BCUT2D eigenvalue weighted by Crippen LogP contribution is -2.26. The molecule has 0 fully saturated rings. The van der Waals surface area contributed by atoms with Crippen LogP contribution < -0.4 is 4.31 Å². The Morgan fingerprint density at radius 2 is 1.91 bits per heavy atom. The van der Waals surface area contributed by atoms with Gasteiger partial charge in [0.05, 0.1) is 16.1 Å². The summed E-state index contributed by atoms with van der Waals surface area (Å²) in [5.74, 6) is -2.10. The zero-order valence-electron chi connectivity index (χ0n) is 12.1. The predicted octanol–water partition coefficient (Wildman–Crippen LogP) is 4.35. The first-order valence-corrected chi connectivity index (χ1v) is 8.20. The normalized spacial score (nSPS) is 16.8. The van der Waals surface area contributed by atoms with E-state index in [1.165, 1.54) is 18.3 Å². The second kappa shape index (κ2) is 5.38. The highest BCUT2D eigenvalue weighted by atomic mass is 32.3. The molecule has 0 aliphatic carbocycles. The summed E-state index contributed by atoms with van der Waals surface area (Å²) >= 11 is 0. The average molecular weight is 335 g/mol. The van der Waals surface area contributed by atoms with Crippen molar-refractivity contribution < 1.29 is 23.4 Å². The summed E-state index contributed by atoms with van der Waals surface area (Å²) in [4.78, 5) is 11.2. The van der Waals surface area contributed by atoms with E-state index in [4.69, 9.17) is 5.11 Å². The van der Waals surface area contributed by atoms with E-state index in [-0.39, 0.29) is 11.3 Å². The number of anilines is 1. The molecule has 0 saturated heterocycles. The zero-order valence-corrected chi connectivity index (χ0v) is 12.9. The summed E-state index contributed by atoms with van der Waals surface area (Å²) in [6.45, 7) is 1.89. The molecule has 0 radical (unpaired) electrons. The first-order chi connectivity index (χ1) is 10.8. The largest absolute Gasteiger partial charge is 0.478 e. The molecule has 23 heavy (non-hydrogen) atoms. The molecule has 3 N–H and O–H groups in total. The minimum Gasteiger partial charge on any atom is -0.478 e. The van der Waals surface area contributed by atoms with Crippen molar-refractivity contribution >= 4 is 28.5 Å². The third-order valence-corrected chi connectivity index (χ3v) is 5.39. The van der Waals surface area contributed by atoms with Gasteiger partial charge >= 0.3 is 5.97 Å². The van der Waals surface area contributed by atoms with Gasteiger partial charge in [-0.15, -0.1) is 0 Å². The van der Waals surface area contributed by atoms with E-state index in [0.29, 0.717) is 10.5 Å². The number of aryl methyl sites for hydroxylation is 1. The number of hydrogen-bond acceptors (Lipinski definition) is 4. The second-order valence-corrected chi connectivity index (χ2v) is 7.04. The zero-order chi connectivity index (χ0) is 16.8. The van der Waals surface area contributed by atoms with E-state index in [2.05, 4.69) is 0 Å². The number of fused-ring (bicyclic) bond motifs is 1. The van der Waals surface area contributed by atoms with Gasteiger partial charge in [-0.3, -0.25) is 9.11 Å². The number of carboxylic acid groups (broad SMARTS) is 1. The number of aromatic carboxylic acids is 1. The molecule has 1 aliphatic heterocycles. The van der Waals surface area contributed by atoms with Crippen molar-refractivity contribution in [2.24, 2.45) is 0 Å². The summed E-state index contributed by atoms with van der Waals surface area (Å²) in [7, 11) is -3.45. The van der Waals surface area contributed by atoms with Crippen LogP contribution in [-0.2, 0) is 0 Å². The van der Waals surface area contributed by atoms with Crippen molar-refractivity contribution in [3.05, 3.63) is 65.1 Å². The van der Waals surface area contributed by atoms with E-state index in [9.17, 15) is 18.3 Å². The molecule has 1 heterocycles. The summed E-state index contributed by atoms with van der Waals surface area (Å²) in [5, 5.41) is 8.88. The van der Waals surface area contributed by atoms with Gasteiger partial charge in [-0.2, -0.15) is 0 Å². The highest BCUT2D eigenvalue weighted by Gasteiger charge is 2.31. The fraction of sp³-hybridized carbons (Fsp3) is 0.0625. The summed E-state index contributed by atoms with van der Waals surface area (Å²) in [6, 6.07) is 8.44. The molecule has 1 aliphatic rings. The molecule has 0 amide bonds. The van der Waals surface area contributed by atoms with Crippen LogP contribution in [0.3, 0.4) is 0 Å². The Morgan fingerprint density at radius 1 is 1.17 bits per heavy atom. The fourth-order valence-electron chi connectivity index (χ4n) is 2.42. The molecule has 5 nitrogen and oxygen atoms in total. The Bertz CT molecular complexity index is 835. The molecule has 120 valence electrons. The predicted molar refractivity (Wildman–Crippen MR) is 87.2 cm³/mol. The van der Waals surface area contributed by atoms with Gasteiger partial charge in [0.2, 0.25) is 0 Å². The molecular weight excluding hydrogens is 321 g/mol. The Morgan fingerprint density at radius 3 is 2.57 bits per heavy atom. The number of carboxylic acids is 1. The Labute approximate surface area is 133 Å². The van der Waals surface area contributed by atoms with Crippen LogP contribution in [-0.4, -0.2) is 20.2 Å². The van der Waals surface area contributed by atoms with Crippen LogP contribution in [0.4, 0.5) is 10.1 Å². The molecule has 0 saturated carbocycles. The van der Waals surface area contributed by atoms with Crippen molar-refractivity contribution in [2.45, 2.75) is 11.8 Å². The molecule has 2 aromatic rings. The molecular formula is C16H14FNO4S. The maximum absolute atomic E-state index is 14.2. The van der Waals surface area contributed by atoms with Crippen LogP contribution in [0, 0.1) is 12.7 Å². The topological polar surface area (TPSA) is 81.0 Å². The number of halogens is 1. The third-order valence-electron chi connectivity index (χ3n) is 3.56. The monoisotopic (exact) mass is 335 g/mol. The Kier molecular flexibility index (Phi) is 3.63. The van der Waals surface area contributed by atoms with Gasteiger partial charge in [-0.05, 0) is 37.3 Å². The molecule has 2 aromatic carbocycles. The van der Waals surface area contributed by atoms with Gasteiger partial charge in [-0.1, -0.05) is 28.5 Å². The Balaban J connectivity index is 2.09. The molecule has 7 heteroatoms. The summed E-state index contributed by atoms with van der Waals surface area (Å²) in [5.41, 5.74) is 1.31. The molecule has 0 atom stereocenters. The van der Waals surface area contributed by atoms with Crippen molar-refractivity contribution in [3.8, 4) is 0 Å². The second-order valence-electron chi connectivity index (χ2n) is 5.17. The van der Waals surface area contributed by atoms with Gasteiger partial charge in [0.1, 0.15) is 5.82 Å². The first-order valence-electron chi connectivity index (χ1n) is 6.70. The van der Waals surface area contributed by atoms with Crippen molar-refractivity contribution in [2.75, 3.05) is 4.31 Å². The minimum atomic E-state index is -3.45. The summed E-state index contributed by atoms with van der Waals surface area (Å²) < 4.78 is 36.4. The third kappa shape index (κ3) is 2.59. The molecule has 0 spiro atoms. The SMILES string of the molecule is Cc1ccc2c(c1)C=CN(c1ccc(C(=O)O)cc1F)S2(O)O. The van der Waals surface area contributed by atoms with Crippen LogP contribution in [0.1, 0.15) is 21.5 Å². The van der Waals surface area contributed by atoms with Gasteiger partial charge in [0.15, 0.2) is 0 Å². The number of carbonyl (C=O) groups is 1. The maximum atomic E-state index is 14.2. The number of nitrogens with zero attached hydrogens (tertiary/aromatic N) is 1. The van der Waals surface area contributed by atoms with Gasteiger partial charge in [0, 0.05) is 11.8 Å². The van der Waals surface area contributed by atoms with Crippen molar-refractivity contribution in [1.82, 2.24) is 0 Å². The number of rotatable bonds is 2. The lowest BCUT2D eigenvalue weighted by molar-refractivity contribution is 0.0696. The van der Waals surface area contributed by atoms with E-state index >= 15 is 0 Å². The lowest BCUT2D eigenvalue weighted by Gasteiger charge is -2.45. The van der Waals surface area contributed by atoms with Crippen LogP contribution in [0.2, 0.25) is 0 Å². The lowest BCUT2D eigenvalue weighted by atomic mass is 10.1. The van der Waals surface area contributed by atoms with Gasteiger partial charge in [0.25, 0.3) is 0 Å². The summed E-state index contributed by atoms with van der Waals surface area (Å²) in [6.07, 6.45) is 3.04. The highest BCUT2D eigenvalue weighted by Crippen LogP contribution is 2.57. The Hall–Kier alpha value is -2.35. The molecule has 0 bridgehead atoms. The van der Waals surface area contributed by atoms with Gasteiger partial charge < -0.3 is 5.11 Å². The van der Waals surface area contributed by atoms with E-state index in [1.807, 2.05) is 6.92 Å². The van der Waals surface area contributed by atoms with E-state index in [0.717, 1.165) is 15.9 Å². The molecule has 0 aromatic heterocycles. The van der Waals surface area contributed by atoms with Crippen LogP contribution in [0.25, 0.3) is 6.08 Å². The van der Waals surface area contributed by atoms with Crippen LogP contribution >= 0.6 is 10.8 Å². The van der Waals surface area contributed by atoms with E-state index < -0.39 is 22.6 Å². The number of benzene rings is 2. The van der Waals surface area contributed by atoms with Crippen LogP contribution in [0.15, 0.2) is 47.5 Å². The minimum absolute atomic E-state index is 0.0996. The standard InChI is InChI=1S/C16H14FNO4S/c1-10-2-5-15-11(8-10)6-7-18(23(15,21)22)14-4-3-12(16(19)20)9-13(14)17/h2-9,21-22H,1H3,(H,19,20). The van der Waals surface area contributed by atoms with E-state index in [1.54, 1.807) is 24.3 Å². The van der Waals surface area contributed by atoms with Crippen LogP contribution in [0.5, 0.6) is 0 Å². The maximum Gasteiger partial charge on any atom is 0.335 e. The number of hydrogen-bond donors (Lipinski definition) is 3. The molecule has 0 unspecified atom stereocenters.